The van der Waals surface area contributed by atoms with Gasteiger partial charge in [0.05, 0.1) is 16.8 Å². The van der Waals surface area contributed by atoms with E-state index in [9.17, 15) is 4.79 Å². The molecule has 3 nitrogen and oxygen atoms in total. The van der Waals surface area contributed by atoms with Crippen molar-refractivity contribution in [2.75, 3.05) is 4.90 Å². The number of hydrogen-bond donors (Lipinski definition) is 0. The largest absolute Gasteiger partial charge is 0.279 e. The molecule has 0 N–H and O–H groups in total. The number of carbonyl (C=O) groups is 1. The number of aryl methyl sites for hydroxylation is 2. The molecule has 1 aliphatic carbocycles. The Balaban J connectivity index is 1.55. The molecule has 0 radical (unpaired) electrons. The maximum absolute atomic E-state index is 13.6. The summed E-state index contributed by atoms with van der Waals surface area (Å²) in [5.41, 5.74) is 5.34. The topological polar surface area (TPSA) is 33.2 Å². The smallest absolute Gasteiger partial charge is 0.260 e. The molecule has 1 amide bonds. The van der Waals surface area contributed by atoms with Gasteiger partial charge in [-0.1, -0.05) is 59.3 Å². The molecule has 3 aromatic carbocycles. The van der Waals surface area contributed by atoms with Crippen LogP contribution in [0, 0.1) is 0 Å². The maximum atomic E-state index is 13.6. The van der Waals surface area contributed by atoms with E-state index in [4.69, 9.17) is 16.6 Å². The van der Waals surface area contributed by atoms with Crippen LogP contribution in [0.4, 0.5) is 5.13 Å². The summed E-state index contributed by atoms with van der Waals surface area (Å²) in [5.74, 6) is -0.0163. The van der Waals surface area contributed by atoms with Crippen molar-refractivity contribution in [2.45, 2.75) is 32.2 Å². The predicted molar refractivity (Wildman–Crippen MR) is 125 cm³/mol. The van der Waals surface area contributed by atoms with Crippen LogP contribution in [0.5, 0.6) is 0 Å². The van der Waals surface area contributed by atoms with Crippen molar-refractivity contribution in [3.05, 3.63) is 94.0 Å². The third kappa shape index (κ3) is 3.85. The molecule has 0 aliphatic heterocycles. The van der Waals surface area contributed by atoms with Crippen LogP contribution < -0.4 is 4.90 Å². The molecule has 0 spiro atoms. The van der Waals surface area contributed by atoms with Crippen molar-refractivity contribution in [2.24, 2.45) is 0 Å². The summed E-state index contributed by atoms with van der Waals surface area (Å²) in [7, 11) is 0. The van der Waals surface area contributed by atoms with Crippen molar-refractivity contribution < 1.29 is 4.79 Å². The number of thiazole rings is 1. The number of anilines is 1. The lowest BCUT2D eigenvalue weighted by molar-refractivity contribution is 0.0985. The van der Waals surface area contributed by atoms with E-state index in [2.05, 4.69) is 12.1 Å². The number of amides is 1. The molecular formula is C25H21ClN2OS. The van der Waals surface area contributed by atoms with E-state index < -0.39 is 0 Å². The molecule has 0 saturated carbocycles. The molecule has 30 heavy (non-hydrogen) atoms. The van der Waals surface area contributed by atoms with E-state index in [0.717, 1.165) is 34.2 Å². The molecule has 0 atom stereocenters. The molecule has 5 heteroatoms. The minimum absolute atomic E-state index is 0.0163. The first-order valence-electron chi connectivity index (χ1n) is 10.2. The Morgan fingerprint density at radius 1 is 0.967 bits per heavy atom. The molecule has 150 valence electrons. The van der Waals surface area contributed by atoms with E-state index in [1.165, 1.54) is 35.3 Å². The summed E-state index contributed by atoms with van der Waals surface area (Å²) in [6.07, 6.45) is 4.58. The van der Waals surface area contributed by atoms with E-state index in [1.54, 1.807) is 4.90 Å². The van der Waals surface area contributed by atoms with Crippen LogP contribution in [-0.2, 0) is 19.4 Å². The van der Waals surface area contributed by atoms with Gasteiger partial charge in [0.1, 0.15) is 0 Å². The summed E-state index contributed by atoms with van der Waals surface area (Å²) in [4.78, 5) is 20.2. The number of nitrogens with zero attached hydrogens (tertiary/aromatic N) is 2. The van der Waals surface area contributed by atoms with Crippen molar-refractivity contribution in [1.29, 1.82) is 0 Å². The second kappa shape index (κ2) is 8.21. The minimum Gasteiger partial charge on any atom is -0.279 e. The number of carbonyl (C=O) groups excluding carboxylic acids is 1. The zero-order valence-electron chi connectivity index (χ0n) is 16.5. The molecule has 5 rings (SSSR count). The van der Waals surface area contributed by atoms with Gasteiger partial charge in [-0.25, -0.2) is 4.98 Å². The third-order valence-electron chi connectivity index (χ3n) is 5.59. The highest BCUT2D eigenvalue weighted by Gasteiger charge is 2.23. The summed E-state index contributed by atoms with van der Waals surface area (Å²) in [6.45, 7) is 0.477. The monoisotopic (exact) mass is 432 g/mol. The zero-order valence-corrected chi connectivity index (χ0v) is 18.0. The minimum atomic E-state index is -0.0163. The summed E-state index contributed by atoms with van der Waals surface area (Å²) in [6, 6.07) is 21.9. The van der Waals surface area contributed by atoms with Crippen molar-refractivity contribution in [3.8, 4) is 0 Å². The first-order chi connectivity index (χ1) is 14.7. The van der Waals surface area contributed by atoms with Crippen LogP contribution in [-0.4, -0.2) is 10.9 Å². The Hall–Kier alpha value is -2.69. The Bertz CT molecular complexity index is 1220. The number of halogens is 1. The molecule has 0 saturated heterocycles. The Labute approximate surface area is 184 Å². The van der Waals surface area contributed by atoms with Crippen LogP contribution >= 0.6 is 22.9 Å². The van der Waals surface area contributed by atoms with E-state index in [0.29, 0.717) is 16.7 Å². The quantitative estimate of drug-likeness (QED) is 0.360. The highest BCUT2D eigenvalue weighted by atomic mass is 35.5. The first kappa shape index (κ1) is 19.3. The third-order valence-corrected chi connectivity index (χ3v) is 6.87. The highest BCUT2D eigenvalue weighted by Crippen LogP contribution is 2.33. The highest BCUT2D eigenvalue weighted by molar-refractivity contribution is 7.22. The average molecular weight is 433 g/mol. The van der Waals surface area contributed by atoms with Crippen LogP contribution in [0.1, 0.15) is 39.9 Å². The van der Waals surface area contributed by atoms with Crippen LogP contribution in [0.25, 0.3) is 10.2 Å². The Morgan fingerprint density at radius 3 is 2.60 bits per heavy atom. The number of benzene rings is 3. The number of hydrogen-bond acceptors (Lipinski definition) is 3. The standard InChI is InChI=1S/C25H21ClN2OS/c26-21-12-13-22-23(15-21)30-25(27-22)28(16-17-6-2-1-3-7-17)24(29)20-11-10-18-8-4-5-9-19(18)14-20/h1-3,6-7,10-15H,4-5,8-9,16H2. The molecule has 1 heterocycles. The molecule has 1 aromatic heterocycles. The number of aromatic nitrogens is 1. The van der Waals surface area contributed by atoms with E-state index >= 15 is 0 Å². The van der Waals surface area contributed by atoms with E-state index in [1.807, 2.05) is 54.6 Å². The van der Waals surface area contributed by atoms with Crippen LogP contribution in [0.15, 0.2) is 66.7 Å². The second-order valence-electron chi connectivity index (χ2n) is 7.68. The molecule has 0 unspecified atom stereocenters. The number of rotatable bonds is 4. The van der Waals surface area contributed by atoms with Gasteiger partial charge in [-0.2, -0.15) is 0 Å². The summed E-state index contributed by atoms with van der Waals surface area (Å²) in [5, 5.41) is 1.37. The number of fused-ring (bicyclic) bond motifs is 2. The molecule has 0 bridgehead atoms. The lowest BCUT2D eigenvalue weighted by atomic mass is 9.90. The lowest BCUT2D eigenvalue weighted by Gasteiger charge is -2.22. The Morgan fingerprint density at radius 2 is 1.77 bits per heavy atom. The first-order valence-corrected chi connectivity index (χ1v) is 11.4. The van der Waals surface area contributed by atoms with E-state index in [-0.39, 0.29) is 5.91 Å². The lowest BCUT2D eigenvalue weighted by Crippen LogP contribution is -2.30. The van der Waals surface area contributed by atoms with Gasteiger partial charge in [-0.3, -0.25) is 9.69 Å². The van der Waals surface area contributed by atoms with Gasteiger partial charge in [-0.05, 0) is 72.7 Å². The fourth-order valence-corrected chi connectivity index (χ4v) is 5.26. The fraction of sp³-hybridized carbons (Fsp3) is 0.200. The maximum Gasteiger partial charge on any atom is 0.260 e. The van der Waals surface area contributed by atoms with Gasteiger partial charge < -0.3 is 0 Å². The van der Waals surface area contributed by atoms with Gasteiger partial charge in [0.15, 0.2) is 5.13 Å². The van der Waals surface area contributed by atoms with Gasteiger partial charge in [0.25, 0.3) is 5.91 Å². The predicted octanol–water partition coefficient (Wildman–Crippen LogP) is 6.68. The summed E-state index contributed by atoms with van der Waals surface area (Å²) < 4.78 is 0.980. The van der Waals surface area contributed by atoms with Gasteiger partial charge in [0, 0.05) is 10.6 Å². The second-order valence-corrected chi connectivity index (χ2v) is 9.12. The van der Waals surface area contributed by atoms with Crippen LogP contribution in [0.2, 0.25) is 5.02 Å². The van der Waals surface area contributed by atoms with Gasteiger partial charge in [0.2, 0.25) is 0 Å². The zero-order chi connectivity index (χ0) is 20.5. The Kier molecular flexibility index (Phi) is 5.28. The average Bonchev–Trinajstić information content (AvgIpc) is 3.20. The molecule has 0 fully saturated rings. The molecule has 4 aromatic rings. The van der Waals surface area contributed by atoms with Crippen LogP contribution in [0.3, 0.4) is 0 Å². The van der Waals surface area contributed by atoms with Crippen molar-refractivity contribution in [3.63, 3.8) is 0 Å². The van der Waals surface area contributed by atoms with Gasteiger partial charge in [-0.15, -0.1) is 0 Å². The summed E-state index contributed by atoms with van der Waals surface area (Å²) >= 11 is 7.66. The normalized spacial score (nSPS) is 13.2. The molecular weight excluding hydrogens is 412 g/mol. The molecule has 1 aliphatic rings. The van der Waals surface area contributed by atoms with Crippen molar-refractivity contribution in [1.82, 2.24) is 4.98 Å². The fourth-order valence-electron chi connectivity index (χ4n) is 4.02. The van der Waals surface area contributed by atoms with Crippen molar-refractivity contribution >= 4 is 44.2 Å². The van der Waals surface area contributed by atoms with Gasteiger partial charge >= 0.3 is 0 Å². The SMILES string of the molecule is O=C(c1ccc2c(c1)CCCC2)N(Cc1ccccc1)c1nc2ccc(Cl)cc2s1.